The first kappa shape index (κ1) is 20.8. The van der Waals surface area contributed by atoms with Gasteiger partial charge < -0.3 is 11.1 Å². The van der Waals surface area contributed by atoms with Gasteiger partial charge in [0.15, 0.2) is 5.03 Å². The number of nitrogens with two attached hydrogens (primary N) is 1. The summed E-state index contributed by atoms with van der Waals surface area (Å²) in [5.41, 5.74) is 6.36. The van der Waals surface area contributed by atoms with E-state index >= 15 is 0 Å². The molecule has 1 amide bonds. The number of H-pyrrole nitrogens is 1. The van der Waals surface area contributed by atoms with Crippen molar-refractivity contribution in [2.24, 2.45) is 5.73 Å². The first-order valence-electron chi connectivity index (χ1n) is 8.71. The summed E-state index contributed by atoms with van der Waals surface area (Å²) in [5.74, 6) is -0.207. The number of nitrogens with zero attached hydrogens (tertiary/aromatic N) is 1. The van der Waals surface area contributed by atoms with Crippen molar-refractivity contribution in [1.29, 1.82) is 0 Å². The fraction of sp³-hybridized carbons (Fsp3) is 0.100. The lowest BCUT2D eigenvalue weighted by Crippen LogP contribution is -2.16. The maximum atomic E-state index is 13.3. The van der Waals surface area contributed by atoms with Crippen molar-refractivity contribution in [3.05, 3.63) is 60.7 Å². The summed E-state index contributed by atoms with van der Waals surface area (Å²) in [6, 6.07) is 17.4. The van der Waals surface area contributed by atoms with Crippen molar-refractivity contribution in [2.45, 2.75) is 16.3 Å². The van der Waals surface area contributed by atoms with Crippen LogP contribution >= 0.6 is 12.4 Å². The van der Waals surface area contributed by atoms with Crippen LogP contribution in [0.15, 0.2) is 70.6 Å². The van der Waals surface area contributed by atoms with Crippen molar-refractivity contribution in [1.82, 2.24) is 10.2 Å². The topological polar surface area (TPSA) is 118 Å². The van der Waals surface area contributed by atoms with E-state index in [1.807, 2.05) is 24.3 Å². The molecule has 0 unspecified atom stereocenters. The molecule has 4 aromatic rings. The molecule has 29 heavy (non-hydrogen) atoms. The number of amides is 1. The Balaban J connectivity index is 0.00000240. The molecule has 0 radical (unpaired) electrons. The largest absolute Gasteiger partial charge is 0.330 e. The van der Waals surface area contributed by atoms with Gasteiger partial charge in [0.25, 0.3) is 0 Å². The molecule has 1 aromatic heterocycles. The summed E-state index contributed by atoms with van der Waals surface area (Å²) in [4.78, 5) is 11.9. The predicted octanol–water partition coefficient (Wildman–Crippen LogP) is 3.26. The lowest BCUT2D eigenvalue weighted by atomic mass is 10.1. The van der Waals surface area contributed by atoms with Crippen molar-refractivity contribution < 1.29 is 13.2 Å². The third-order valence-corrected chi connectivity index (χ3v) is 6.27. The van der Waals surface area contributed by atoms with Gasteiger partial charge in [0.2, 0.25) is 15.7 Å². The molecule has 0 aliphatic carbocycles. The molecule has 150 valence electrons. The van der Waals surface area contributed by atoms with Crippen molar-refractivity contribution in [3.8, 4) is 0 Å². The summed E-state index contributed by atoms with van der Waals surface area (Å²) < 4.78 is 26.6. The normalized spacial score (nSPS) is 11.3. The van der Waals surface area contributed by atoms with Gasteiger partial charge in [0.05, 0.1) is 10.4 Å². The Kier molecular flexibility index (Phi) is 5.88. The van der Waals surface area contributed by atoms with E-state index in [9.17, 15) is 13.2 Å². The highest BCUT2D eigenvalue weighted by atomic mass is 35.5. The van der Waals surface area contributed by atoms with Crippen molar-refractivity contribution >= 4 is 55.5 Å². The molecule has 0 aliphatic heterocycles. The number of sulfone groups is 1. The second-order valence-corrected chi connectivity index (χ2v) is 8.21. The zero-order valence-electron chi connectivity index (χ0n) is 15.3. The number of fused-ring (bicyclic) bond motifs is 2. The van der Waals surface area contributed by atoms with E-state index in [1.54, 1.807) is 36.4 Å². The van der Waals surface area contributed by atoms with Crippen LogP contribution in [-0.2, 0) is 14.6 Å². The first-order chi connectivity index (χ1) is 13.5. The van der Waals surface area contributed by atoms with E-state index in [1.165, 1.54) is 0 Å². The second-order valence-electron chi connectivity index (χ2n) is 6.35. The molecule has 0 spiro atoms. The Morgan fingerprint density at radius 2 is 1.79 bits per heavy atom. The lowest BCUT2D eigenvalue weighted by molar-refractivity contribution is -0.116. The van der Waals surface area contributed by atoms with Gasteiger partial charge in [-0.3, -0.25) is 9.89 Å². The third-order valence-electron chi connectivity index (χ3n) is 4.48. The highest BCUT2D eigenvalue weighted by Gasteiger charge is 2.25. The van der Waals surface area contributed by atoms with Gasteiger partial charge in [-0.05, 0) is 29.7 Å². The van der Waals surface area contributed by atoms with Crippen LogP contribution in [0.2, 0.25) is 0 Å². The minimum absolute atomic E-state index is 0. The van der Waals surface area contributed by atoms with E-state index < -0.39 is 9.84 Å². The van der Waals surface area contributed by atoms with E-state index in [-0.39, 0.29) is 41.2 Å². The highest BCUT2D eigenvalue weighted by Crippen LogP contribution is 2.31. The number of rotatable bonds is 5. The van der Waals surface area contributed by atoms with E-state index in [0.29, 0.717) is 22.0 Å². The van der Waals surface area contributed by atoms with Gasteiger partial charge in [0, 0.05) is 29.4 Å². The van der Waals surface area contributed by atoms with E-state index in [4.69, 9.17) is 5.73 Å². The number of nitrogens with one attached hydrogen (secondary N) is 2. The van der Waals surface area contributed by atoms with Gasteiger partial charge in [-0.15, -0.1) is 12.4 Å². The third kappa shape index (κ3) is 3.82. The van der Waals surface area contributed by atoms with Crippen LogP contribution in [0.25, 0.3) is 21.7 Å². The average molecular weight is 431 g/mol. The summed E-state index contributed by atoms with van der Waals surface area (Å²) in [6.45, 7) is 0.254. The van der Waals surface area contributed by atoms with Gasteiger partial charge in [-0.25, -0.2) is 8.42 Å². The molecule has 7 nitrogen and oxygen atoms in total. The number of halogens is 1. The number of aromatic nitrogens is 2. The zero-order chi connectivity index (χ0) is 19.7. The standard InChI is InChI=1S/C20H18N4O3S.ClH/c21-11-10-19(25)22-14-8-9-16-17(12-14)23-24-20(16)28(26,27)18-7-3-5-13-4-1-2-6-15(13)18;/h1-9,12H,10-11,21H2,(H,22,25)(H,23,24);1H. The maximum absolute atomic E-state index is 13.3. The number of aromatic amines is 1. The van der Waals surface area contributed by atoms with Gasteiger partial charge >= 0.3 is 0 Å². The molecule has 0 fully saturated rings. The van der Waals surface area contributed by atoms with Crippen LogP contribution in [-0.4, -0.2) is 31.1 Å². The molecule has 3 aromatic carbocycles. The Morgan fingerprint density at radius 3 is 2.59 bits per heavy atom. The predicted molar refractivity (Wildman–Crippen MR) is 115 cm³/mol. The highest BCUT2D eigenvalue weighted by molar-refractivity contribution is 7.91. The van der Waals surface area contributed by atoms with Gasteiger partial charge in [0.1, 0.15) is 0 Å². The molecule has 4 N–H and O–H groups in total. The first-order valence-corrected chi connectivity index (χ1v) is 10.2. The molecule has 0 atom stereocenters. The van der Waals surface area contributed by atoms with Crippen LogP contribution in [0, 0.1) is 0 Å². The SMILES string of the molecule is Cl.NCCC(=O)Nc1ccc2c(S(=O)(=O)c3cccc4ccccc34)[nH]nc2c1. The van der Waals surface area contributed by atoms with E-state index in [2.05, 4.69) is 15.5 Å². The molecular weight excluding hydrogens is 412 g/mol. The Bertz CT molecular complexity index is 1300. The average Bonchev–Trinajstić information content (AvgIpc) is 3.11. The van der Waals surface area contributed by atoms with Crippen LogP contribution in [0.5, 0.6) is 0 Å². The monoisotopic (exact) mass is 430 g/mol. The molecule has 0 aliphatic rings. The number of carbonyl (C=O) groups is 1. The fourth-order valence-electron chi connectivity index (χ4n) is 3.16. The van der Waals surface area contributed by atoms with Gasteiger partial charge in [-0.1, -0.05) is 36.4 Å². The molecule has 0 saturated carbocycles. The Morgan fingerprint density at radius 1 is 1.03 bits per heavy atom. The molecule has 1 heterocycles. The number of hydrogen-bond acceptors (Lipinski definition) is 5. The van der Waals surface area contributed by atoms with Gasteiger partial charge in [-0.2, -0.15) is 5.10 Å². The summed E-state index contributed by atoms with van der Waals surface area (Å²) in [5, 5.41) is 11.5. The molecule has 4 rings (SSSR count). The van der Waals surface area contributed by atoms with Crippen LogP contribution in [0.3, 0.4) is 0 Å². The lowest BCUT2D eigenvalue weighted by Gasteiger charge is -2.07. The molecular formula is C20H19ClN4O3S. The molecule has 0 bridgehead atoms. The number of anilines is 1. The minimum Gasteiger partial charge on any atom is -0.330 e. The Labute approximate surface area is 173 Å². The summed E-state index contributed by atoms with van der Waals surface area (Å²) in [6.07, 6.45) is 0.208. The molecule has 0 saturated heterocycles. The number of hydrogen-bond donors (Lipinski definition) is 3. The van der Waals surface area contributed by atoms with Crippen LogP contribution < -0.4 is 11.1 Å². The summed E-state index contributed by atoms with van der Waals surface area (Å²) in [7, 11) is -3.82. The maximum Gasteiger partial charge on any atom is 0.225 e. The Hall–Kier alpha value is -2.94. The van der Waals surface area contributed by atoms with Crippen LogP contribution in [0.4, 0.5) is 5.69 Å². The van der Waals surface area contributed by atoms with E-state index in [0.717, 1.165) is 5.39 Å². The van der Waals surface area contributed by atoms with Crippen LogP contribution in [0.1, 0.15) is 6.42 Å². The number of carbonyl (C=O) groups excluding carboxylic acids is 1. The van der Waals surface area contributed by atoms with Crippen molar-refractivity contribution in [2.75, 3.05) is 11.9 Å². The second kappa shape index (κ2) is 8.20. The number of benzene rings is 3. The molecule has 9 heteroatoms. The zero-order valence-corrected chi connectivity index (χ0v) is 16.9. The summed E-state index contributed by atoms with van der Waals surface area (Å²) >= 11 is 0. The smallest absolute Gasteiger partial charge is 0.225 e. The minimum atomic E-state index is -3.82. The quantitative estimate of drug-likeness (QED) is 0.449. The fourth-order valence-corrected chi connectivity index (χ4v) is 4.75. The van der Waals surface area contributed by atoms with Crippen molar-refractivity contribution in [3.63, 3.8) is 0 Å².